The Morgan fingerprint density at radius 3 is 2.44 bits per heavy atom. The molecule has 3 N–H and O–H groups in total. The highest BCUT2D eigenvalue weighted by Gasteiger charge is 2.15. The number of nitrogens with zero attached hydrogens (tertiary/aromatic N) is 1. The van der Waals surface area contributed by atoms with Gasteiger partial charge < -0.3 is 20.7 Å². The number of carbonyl (C=O) groups excluding carboxylic acids is 2. The van der Waals surface area contributed by atoms with Crippen LogP contribution in [0.2, 0.25) is 0 Å². The smallest absolute Gasteiger partial charge is 0.325 e. The summed E-state index contributed by atoms with van der Waals surface area (Å²) in [5.74, 6) is -0.454. The first-order valence-electron chi connectivity index (χ1n) is 5.55. The third-order valence-electron chi connectivity index (χ3n) is 2.38. The number of anilines is 2. The number of ether oxygens (including phenoxy) is 1. The van der Waals surface area contributed by atoms with E-state index >= 15 is 0 Å². The minimum atomic E-state index is -0.454. The number of amides is 2. The van der Waals surface area contributed by atoms with Gasteiger partial charge in [0.1, 0.15) is 6.54 Å². The highest BCUT2D eigenvalue weighted by Crippen LogP contribution is 2.11. The van der Waals surface area contributed by atoms with Crippen molar-refractivity contribution >= 4 is 23.4 Å². The molecule has 0 heterocycles. The molecule has 0 radical (unpaired) electrons. The molecule has 0 aliphatic heterocycles. The van der Waals surface area contributed by atoms with Gasteiger partial charge >= 0.3 is 12.0 Å². The van der Waals surface area contributed by atoms with Crippen molar-refractivity contribution < 1.29 is 14.3 Å². The normalized spacial score (nSPS) is 9.67. The molecule has 0 atom stereocenters. The van der Waals surface area contributed by atoms with E-state index in [4.69, 9.17) is 5.73 Å². The van der Waals surface area contributed by atoms with Crippen molar-refractivity contribution in [3.8, 4) is 0 Å². The van der Waals surface area contributed by atoms with Crippen molar-refractivity contribution in [3.05, 3.63) is 24.3 Å². The van der Waals surface area contributed by atoms with Crippen molar-refractivity contribution in [3.63, 3.8) is 0 Å². The van der Waals surface area contributed by atoms with E-state index in [0.29, 0.717) is 17.9 Å². The van der Waals surface area contributed by atoms with E-state index in [1.165, 1.54) is 12.0 Å². The van der Waals surface area contributed by atoms with E-state index in [-0.39, 0.29) is 12.6 Å². The minimum absolute atomic E-state index is 0.0756. The molecule has 0 saturated heterocycles. The number of hydrogen-bond acceptors (Lipinski definition) is 4. The van der Waals surface area contributed by atoms with E-state index in [1.807, 2.05) is 0 Å². The zero-order chi connectivity index (χ0) is 13.5. The molecule has 6 nitrogen and oxygen atoms in total. The molecule has 0 saturated carbocycles. The summed E-state index contributed by atoms with van der Waals surface area (Å²) in [6.45, 7) is 2.12. The Morgan fingerprint density at radius 1 is 1.33 bits per heavy atom. The number of nitrogens with one attached hydrogen (secondary N) is 1. The van der Waals surface area contributed by atoms with Crippen LogP contribution in [0.25, 0.3) is 0 Å². The molecule has 1 aromatic carbocycles. The first-order valence-corrected chi connectivity index (χ1v) is 5.55. The quantitative estimate of drug-likeness (QED) is 0.624. The first kappa shape index (κ1) is 13.8. The van der Waals surface area contributed by atoms with Gasteiger partial charge in [0, 0.05) is 17.9 Å². The third-order valence-corrected chi connectivity index (χ3v) is 2.38. The van der Waals surface area contributed by atoms with Crippen molar-refractivity contribution in [2.45, 2.75) is 6.92 Å². The number of esters is 1. The molecule has 2 amide bonds. The van der Waals surface area contributed by atoms with Gasteiger partial charge in [-0.05, 0) is 31.2 Å². The number of likely N-dealkylation sites (N-methyl/N-ethyl adjacent to an activating group) is 1. The highest BCUT2D eigenvalue weighted by molar-refractivity contribution is 5.91. The molecule has 0 unspecified atom stereocenters. The van der Waals surface area contributed by atoms with Crippen molar-refractivity contribution in [2.75, 3.05) is 31.2 Å². The Balaban J connectivity index is 2.62. The van der Waals surface area contributed by atoms with Gasteiger partial charge in [0.15, 0.2) is 0 Å². The van der Waals surface area contributed by atoms with Crippen LogP contribution in [0.15, 0.2) is 24.3 Å². The van der Waals surface area contributed by atoms with Crippen LogP contribution in [0, 0.1) is 0 Å². The van der Waals surface area contributed by atoms with Crippen LogP contribution in [0.4, 0.5) is 16.2 Å². The van der Waals surface area contributed by atoms with Gasteiger partial charge in [-0.15, -0.1) is 0 Å². The predicted molar refractivity (Wildman–Crippen MR) is 69.1 cm³/mol. The summed E-state index contributed by atoms with van der Waals surface area (Å²) < 4.78 is 4.52. The van der Waals surface area contributed by atoms with Crippen LogP contribution in [-0.4, -0.2) is 37.1 Å². The van der Waals surface area contributed by atoms with Crippen molar-refractivity contribution in [1.82, 2.24) is 4.90 Å². The van der Waals surface area contributed by atoms with Crippen LogP contribution >= 0.6 is 0 Å². The molecular weight excluding hydrogens is 234 g/mol. The molecule has 0 fully saturated rings. The molecule has 0 bridgehead atoms. The largest absolute Gasteiger partial charge is 0.468 e. The standard InChI is InChI=1S/C12H17N3O3/c1-3-15(8-11(16)18-2)12(17)14-10-6-4-9(13)5-7-10/h4-7H,3,8,13H2,1-2H3,(H,14,17). The van der Waals surface area contributed by atoms with Crippen LogP contribution in [0.3, 0.4) is 0 Å². The highest BCUT2D eigenvalue weighted by atomic mass is 16.5. The van der Waals surface area contributed by atoms with Gasteiger partial charge in [-0.25, -0.2) is 4.79 Å². The maximum Gasteiger partial charge on any atom is 0.325 e. The second-order valence-electron chi connectivity index (χ2n) is 3.64. The fourth-order valence-corrected chi connectivity index (χ4v) is 1.32. The van der Waals surface area contributed by atoms with Crippen LogP contribution in [0.5, 0.6) is 0 Å². The molecule has 98 valence electrons. The number of carbonyl (C=O) groups is 2. The monoisotopic (exact) mass is 251 g/mol. The number of rotatable bonds is 4. The fraction of sp³-hybridized carbons (Fsp3) is 0.333. The summed E-state index contributed by atoms with van der Waals surface area (Å²) in [6.07, 6.45) is 0. The van der Waals surface area contributed by atoms with E-state index < -0.39 is 5.97 Å². The van der Waals surface area contributed by atoms with E-state index in [2.05, 4.69) is 10.1 Å². The Kier molecular flexibility index (Phi) is 4.98. The molecule has 0 spiro atoms. The zero-order valence-corrected chi connectivity index (χ0v) is 10.5. The second-order valence-corrected chi connectivity index (χ2v) is 3.64. The average molecular weight is 251 g/mol. The SMILES string of the molecule is CCN(CC(=O)OC)C(=O)Nc1ccc(N)cc1. The number of urea groups is 1. The van der Waals surface area contributed by atoms with E-state index in [0.717, 1.165) is 0 Å². The van der Waals surface area contributed by atoms with E-state index in [1.54, 1.807) is 31.2 Å². The molecule has 0 aliphatic carbocycles. The Morgan fingerprint density at radius 2 is 1.94 bits per heavy atom. The van der Waals surface area contributed by atoms with Crippen LogP contribution in [-0.2, 0) is 9.53 Å². The predicted octanol–water partition coefficient (Wildman–Crippen LogP) is 1.30. The lowest BCUT2D eigenvalue weighted by atomic mass is 10.3. The topological polar surface area (TPSA) is 84.7 Å². The Hall–Kier alpha value is -2.24. The minimum Gasteiger partial charge on any atom is -0.468 e. The maximum absolute atomic E-state index is 11.9. The molecule has 1 aromatic rings. The average Bonchev–Trinajstić information content (AvgIpc) is 2.38. The number of nitrogen functional groups attached to an aromatic ring is 1. The van der Waals surface area contributed by atoms with Crippen LogP contribution in [0.1, 0.15) is 6.92 Å². The number of benzene rings is 1. The van der Waals surface area contributed by atoms with Gasteiger partial charge in [0.05, 0.1) is 7.11 Å². The first-order chi connectivity index (χ1) is 8.56. The van der Waals surface area contributed by atoms with Crippen molar-refractivity contribution in [1.29, 1.82) is 0 Å². The third kappa shape index (κ3) is 3.97. The molecule has 18 heavy (non-hydrogen) atoms. The van der Waals surface area contributed by atoms with Gasteiger partial charge in [0.25, 0.3) is 0 Å². The zero-order valence-electron chi connectivity index (χ0n) is 10.5. The molecule has 1 rings (SSSR count). The van der Waals surface area contributed by atoms with Crippen LogP contribution < -0.4 is 11.1 Å². The van der Waals surface area contributed by atoms with Crippen molar-refractivity contribution in [2.24, 2.45) is 0 Å². The van der Waals surface area contributed by atoms with Gasteiger partial charge in [-0.1, -0.05) is 0 Å². The van der Waals surface area contributed by atoms with E-state index in [9.17, 15) is 9.59 Å². The summed E-state index contributed by atoms with van der Waals surface area (Å²) >= 11 is 0. The number of nitrogens with two attached hydrogens (primary N) is 1. The Labute approximate surface area is 106 Å². The fourth-order valence-electron chi connectivity index (χ4n) is 1.32. The molecule has 0 aliphatic rings. The molecule has 6 heteroatoms. The summed E-state index contributed by atoms with van der Waals surface area (Å²) in [4.78, 5) is 24.3. The van der Waals surface area contributed by atoms with Gasteiger partial charge in [-0.2, -0.15) is 0 Å². The lowest BCUT2D eigenvalue weighted by Gasteiger charge is -2.19. The van der Waals surface area contributed by atoms with Gasteiger partial charge in [-0.3, -0.25) is 4.79 Å². The second kappa shape index (κ2) is 6.48. The van der Waals surface area contributed by atoms with Gasteiger partial charge in [0.2, 0.25) is 0 Å². The summed E-state index contributed by atoms with van der Waals surface area (Å²) in [7, 11) is 1.29. The molecular formula is C12H17N3O3. The Bertz CT molecular complexity index is 417. The summed E-state index contributed by atoms with van der Waals surface area (Å²) in [5, 5.41) is 2.67. The lowest BCUT2D eigenvalue weighted by Crippen LogP contribution is -2.38. The summed E-state index contributed by atoms with van der Waals surface area (Å²) in [5.41, 5.74) is 6.79. The number of hydrogen-bond donors (Lipinski definition) is 2. The maximum atomic E-state index is 11.9. The lowest BCUT2D eigenvalue weighted by molar-refractivity contribution is -0.141. The molecule has 0 aromatic heterocycles. The number of methoxy groups -OCH3 is 1. The summed E-state index contributed by atoms with van der Waals surface area (Å²) in [6, 6.07) is 6.41.